The first-order chi connectivity index (χ1) is 7.46. The highest BCUT2D eigenvalue weighted by atomic mass is 32.2. The van der Waals surface area contributed by atoms with E-state index in [-0.39, 0.29) is 5.41 Å². The van der Waals surface area contributed by atoms with E-state index in [0.29, 0.717) is 19.7 Å². The van der Waals surface area contributed by atoms with Gasteiger partial charge in [-0.3, -0.25) is 0 Å². The van der Waals surface area contributed by atoms with Crippen molar-refractivity contribution in [3.8, 4) is 0 Å². The predicted octanol–water partition coefficient (Wildman–Crippen LogP) is 0.295. The summed E-state index contributed by atoms with van der Waals surface area (Å²) < 4.78 is 32.3. The summed E-state index contributed by atoms with van der Waals surface area (Å²) in [5, 5.41) is 0. The summed E-state index contributed by atoms with van der Waals surface area (Å²) in [5.74, 6) is 0. The number of nitrogens with zero attached hydrogens (tertiary/aromatic N) is 2. The van der Waals surface area contributed by atoms with Gasteiger partial charge >= 0.3 is 0 Å². The molecular weight excluding hydrogens is 228 g/mol. The van der Waals surface area contributed by atoms with Crippen LogP contribution in [-0.2, 0) is 14.9 Å². The Bertz CT molecular complexity index is 347. The summed E-state index contributed by atoms with van der Waals surface area (Å²) >= 11 is 0. The minimum absolute atomic E-state index is 0.0847. The second kappa shape index (κ2) is 4.25. The molecule has 94 valence electrons. The summed E-state index contributed by atoms with van der Waals surface area (Å²) in [7, 11) is -0.0788. The molecule has 0 aromatic heterocycles. The van der Waals surface area contributed by atoms with Crippen LogP contribution in [0.3, 0.4) is 0 Å². The zero-order valence-corrected chi connectivity index (χ0v) is 10.8. The van der Waals surface area contributed by atoms with Crippen LogP contribution in [0.4, 0.5) is 0 Å². The molecule has 2 aliphatic heterocycles. The minimum atomic E-state index is -3.24. The van der Waals surface area contributed by atoms with Crippen molar-refractivity contribution in [3.05, 3.63) is 0 Å². The van der Waals surface area contributed by atoms with Gasteiger partial charge in [-0.1, -0.05) is 0 Å². The van der Waals surface area contributed by atoms with E-state index in [1.165, 1.54) is 4.31 Å². The van der Waals surface area contributed by atoms with Crippen LogP contribution in [0.15, 0.2) is 0 Å². The number of rotatable bonds is 2. The first-order valence-electron chi connectivity index (χ1n) is 5.72. The second-order valence-corrected chi connectivity index (χ2v) is 7.17. The molecule has 2 aliphatic rings. The number of hydrogen-bond donors (Lipinski definition) is 0. The Labute approximate surface area is 97.5 Å². The van der Waals surface area contributed by atoms with Crippen molar-refractivity contribution in [1.82, 2.24) is 8.61 Å². The number of hydrogen-bond acceptors (Lipinski definition) is 3. The largest absolute Gasteiger partial charge is 0.381 e. The molecule has 0 saturated carbocycles. The van der Waals surface area contributed by atoms with Crippen LogP contribution in [0.5, 0.6) is 0 Å². The van der Waals surface area contributed by atoms with Gasteiger partial charge in [0, 0.05) is 39.2 Å². The zero-order chi connectivity index (χ0) is 11.8. The fourth-order valence-corrected chi connectivity index (χ4v) is 3.77. The lowest BCUT2D eigenvalue weighted by molar-refractivity contribution is 0.000773. The summed E-state index contributed by atoms with van der Waals surface area (Å²) in [6.45, 7) is 2.78. The molecule has 2 heterocycles. The van der Waals surface area contributed by atoms with Crippen molar-refractivity contribution >= 4 is 10.2 Å². The average Bonchev–Trinajstić information content (AvgIpc) is 2.64. The molecule has 1 atom stereocenters. The molecule has 1 spiro atoms. The molecule has 6 heteroatoms. The quantitative estimate of drug-likeness (QED) is 0.706. The van der Waals surface area contributed by atoms with E-state index in [1.54, 1.807) is 18.4 Å². The molecule has 0 bridgehead atoms. The average molecular weight is 248 g/mol. The molecule has 0 N–H and O–H groups in total. The van der Waals surface area contributed by atoms with Gasteiger partial charge in [-0.05, 0) is 19.3 Å². The number of ether oxygens (including phenoxy) is 1. The molecular formula is C10H20N2O3S. The molecule has 5 nitrogen and oxygen atoms in total. The maximum absolute atomic E-state index is 12.0. The monoisotopic (exact) mass is 248 g/mol. The van der Waals surface area contributed by atoms with Gasteiger partial charge in [-0.2, -0.15) is 17.0 Å². The Hall–Kier alpha value is -0.170. The van der Waals surface area contributed by atoms with E-state index in [1.807, 2.05) is 0 Å². The third-order valence-electron chi connectivity index (χ3n) is 3.60. The Kier molecular flexibility index (Phi) is 3.27. The van der Waals surface area contributed by atoms with Crippen molar-refractivity contribution in [3.63, 3.8) is 0 Å². The van der Waals surface area contributed by atoms with Gasteiger partial charge in [0.25, 0.3) is 10.2 Å². The van der Waals surface area contributed by atoms with Crippen LogP contribution in [0.25, 0.3) is 0 Å². The SMILES string of the molecule is CN(C)S(=O)(=O)N1CC[C@@]2(CCCOC2)C1. The molecule has 0 unspecified atom stereocenters. The van der Waals surface area contributed by atoms with Crippen LogP contribution < -0.4 is 0 Å². The Morgan fingerprint density at radius 1 is 1.31 bits per heavy atom. The Morgan fingerprint density at radius 2 is 2.06 bits per heavy atom. The normalized spacial score (nSPS) is 32.7. The smallest absolute Gasteiger partial charge is 0.281 e. The van der Waals surface area contributed by atoms with Crippen molar-refractivity contribution in [2.24, 2.45) is 5.41 Å². The lowest BCUT2D eigenvalue weighted by Gasteiger charge is -2.33. The summed E-state index contributed by atoms with van der Waals surface area (Å²) in [6.07, 6.45) is 3.07. The van der Waals surface area contributed by atoms with Gasteiger partial charge in [0.2, 0.25) is 0 Å². The van der Waals surface area contributed by atoms with Crippen LogP contribution in [0.2, 0.25) is 0 Å². The predicted molar refractivity (Wildman–Crippen MR) is 61.3 cm³/mol. The van der Waals surface area contributed by atoms with Gasteiger partial charge in [-0.15, -0.1) is 0 Å². The van der Waals surface area contributed by atoms with Gasteiger partial charge in [0.1, 0.15) is 0 Å². The van der Waals surface area contributed by atoms with Crippen LogP contribution in [0.1, 0.15) is 19.3 Å². The summed E-state index contributed by atoms with van der Waals surface area (Å²) in [5.41, 5.74) is 0.0847. The standard InChI is InChI=1S/C10H20N2O3S/c1-11(2)16(13,14)12-6-5-10(8-12)4-3-7-15-9-10/h3-9H2,1-2H3/t10-/m0/s1. The Balaban J connectivity index is 2.08. The van der Waals surface area contributed by atoms with E-state index in [4.69, 9.17) is 4.74 Å². The highest BCUT2D eigenvalue weighted by Gasteiger charge is 2.44. The fourth-order valence-electron chi connectivity index (χ4n) is 2.55. The van der Waals surface area contributed by atoms with Crippen molar-refractivity contribution in [1.29, 1.82) is 0 Å². The van der Waals surface area contributed by atoms with Gasteiger partial charge < -0.3 is 4.74 Å². The van der Waals surface area contributed by atoms with Gasteiger partial charge in [0.15, 0.2) is 0 Å². The topological polar surface area (TPSA) is 49.9 Å². The fraction of sp³-hybridized carbons (Fsp3) is 1.00. The Morgan fingerprint density at radius 3 is 2.62 bits per heavy atom. The molecule has 0 amide bonds. The maximum Gasteiger partial charge on any atom is 0.281 e. The van der Waals surface area contributed by atoms with Crippen molar-refractivity contribution in [2.45, 2.75) is 19.3 Å². The molecule has 16 heavy (non-hydrogen) atoms. The zero-order valence-electron chi connectivity index (χ0n) is 9.98. The first-order valence-corrected chi connectivity index (χ1v) is 7.11. The van der Waals surface area contributed by atoms with E-state index in [0.717, 1.165) is 25.9 Å². The summed E-state index contributed by atoms with van der Waals surface area (Å²) in [6, 6.07) is 0. The van der Waals surface area contributed by atoms with Crippen LogP contribution >= 0.6 is 0 Å². The molecule has 0 aliphatic carbocycles. The van der Waals surface area contributed by atoms with E-state index in [9.17, 15) is 8.42 Å². The third kappa shape index (κ3) is 2.11. The molecule has 0 aromatic carbocycles. The van der Waals surface area contributed by atoms with E-state index >= 15 is 0 Å². The molecule has 0 aromatic rings. The van der Waals surface area contributed by atoms with Crippen LogP contribution in [-0.4, -0.2) is 57.4 Å². The highest BCUT2D eigenvalue weighted by molar-refractivity contribution is 7.86. The molecule has 2 rings (SSSR count). The van der Waals surface area contributed by atoms with Crippen molar-refractivity contribution < 1.29 is 13.2 Å². The van der Waals surface area contributed by atoms with E-state index in [2.05, 4.69) is 0 Å². The lowest BCUT2D eigenvalue weighted by atomic mass is 9.82. The molecule has 2 saturated heterocycles. The second-order valence-electron chi connectivity index (χ2n) is 5.03. The van der Waals surface area contributed by atoms with Gasteiger partial charge in [-0.25, -0.2) is 0 Å². The first kappa shape index (κ1) is 12.3. The highest BCUT2D eigenvalue weighted by Crippen LogP contribution is 2.39. The molecule has 0 radical (unpaired) electrons. The van der Waals surface area contributed by atoms with Crippen molar-refractivity contribution in [2.75, 3.05) is 40.4 Å². The minimum Gasteiger partial charge on any atom is -0.381 e. The van der Waals surface area contributed by atoms with E-state index < -0.39 is 10.2 Å². The molecule has 2 fully saturated rings. The third-order valence-corrected chi connectivity index (χ3v) is 5.48. The lowest BCUT2D eigenvalue weighted by Crippen LogP contribution is -2.41. The van der Waals surface area contributed by atoms with Gasteiger partial charge in [0.05, 0.1) is 6.61 Å². The van der Waals surface area contributed by atoms with Crippen LogP contribution in [0, 0.1) is 5.41 Å². The maximum atomic E-state index is 12.0. The summed E-state index contributed by atoms with van der Waals surface area (Å²) in [4.78, 5) is 0.